The fraction of sp³-hybridized carbons (Fsp3) is 0.120. The van der Waals surface area contributed by atoms with Crippen molar-refractivity contribution in [2.24, 2.45) is 0 Å². The number of nitrogens with zero attached hydrogens (tertiary/aromatic N) is 1. The van der Waals surface area contributed by atoms with E-state index in [1.165, 1.54) is 23.8 Å². The number of anilines is 1. The van der Waals surface area contributed by atoms with Crippen molar-refractivity contribution in [2.75, 3.05) is 19.1 Å². The van der Waals surface area contributed by atoms with Crippen LogP contribution < -0.4 is 19.1 Å². The Morgan fingerprint density at radius 2 is 1.77 bits per heavy atom. The molecular formula is C25H18BrCl2NO4S2. The largest absolute Gasteiger partial charge is 0.495 e. The molecule has 180 valence electrons. The van der Waals surface area contributed by atoms with Crippen LogP contribution in [0.3, 0.4) is 0 Å². The summed E-state index contributed by atoms with van der Waals surface area (Å²) in [4.78, 5) is 15.1. The Labute approximate surface area is 231 Å². The topological polar surface area (TPSA) is 48.0 Å². The lowest BCUT2D eigenvalue weighted by atomic mass is 10.1. The van der Waals surface area contributed by atoms with Gasteiger partial charge in [0.05, 0.1) is 34.3 Å². The second-order valence-electron chi connectivity index (χ2n) is 7.25. The number of thiocarbonyl (C=S) groups is 1. The summed E-state index contributed by atoms with van der Waals surface area (Å²) in [5.74, 6) is 1.32. The molecule has 4 rings (SSSR count). The van der Waals surface area contributed by atoms with Crippen LogP contribution in [0.25, 0.3) is 6.08 Å². The van der Waals surface area contributed by atoms with Gasteiger partial charge in [-0.05, 0) is 64.0 Å². The number of hydrogen-bond acceptors (Lipinski definition) is 6. The molecule has 1 heterocycles. The van der Waals surface area contributed by atoms with E-state index in [1.807, 2.05) is 30.3 Å². The maximum Gasteiger partial charge on any atom is 0.270 e. The van der Waals surface area contributed by atoms with Gasteiger partial charge >= 0.3 is 0 Å². The van der Waals surface area contributed by atoms with Gasteiger partial charge in [0.15, 0.2) is 15.8 Å². The van der Waals surface area contributed by atoms with Crippen molar-refractivity contribution in [3.63, 3.8) is 0 Å². The van der Waals surface area contributed by atoms with E-state index >= 15 is 0 Å². The number of ether oxygens (including phenoxy) is 3. The molecule has 1 aliphatic heterocycles. The Morgan fingerprint density at radius 3 is 2.46 bits per heavy atom. The molecule has 35 heavy (non-hydrogen) atoms. The molecule has 0 aromatic heterocycles. The summed E-state index contributed by atoms with van der Waals surface area (Å²) in [5.41, 5.74) is 2.17. The fourth-order valence-corrected chi connectivity index (χ4v) is 5.68. The molecule has 0 atom stereocenters. The Kier molecular flexibility index (Phi) is 8.29. The zero-order chi connectivity index (χ0) is 25.1. The third-order valence-corrected chi connectivity index (χ3v) is 7.62. The predicted octanol–water partition coefficient (Wildman–Crippen LogP) is 7.76. The summed E-state index contributed by atoms with van der Waals surface area (Å²) in [6, 6.07) is 16.2. The van der Waals surface area contributed by atoms with E-state index in [0.717, 1.165) is 11.1 Å². The monoisotopic (exact) mass is 609 g/mol. The van der Waals surface area contributed by atoms with Gasteiger partial charge in [-0.3, -0.25) is 9.69 Å². The van der Waals surface area contributed by atoms with Crippen molar-refractivity contribution in [1.82, 2.24) is 0 Å². The standard InChI is InChI=1S/C25H18BrCl2NO4S2/c1-31-20-8-7-16(12-19(20)28)29-24(30)22(35-25(29)34)11-14-9-17(26)23(21(10-14)32-2)33-13-15-5-3-4-6-18(15)27/h3-12H,13H2,1-2H3/b22-11+. The first-order valence-corrected chi connectivity index (χ1v) is 12.9. The average molecular weight is 611 g/mol. The summed E-state index contributed by atoms with van der Waals surface area (Å²) < 4.78 is 17.8. The normalized spacial score (nSPS) is 14.5. The summed E-state index contributed by atoms with van der Waals surface area (Å²) in [6.45, 7) is 0.275. The first-order valence-electron chi connectivity index (χ1n) is 10.2. The first kappa shape index (κ1) is 25.9. The van der Waals surface area contributed by atoms with Crippen LogP contribution in [-0.4, -0.2) is 24.4 Å². The number of rotatable bonds is 7. The molecule has 0 aliphatic carbocycles. The number of carbonyl (C=O) groups excluding carboxylic acids is 1. The van der Waals surface area contributed by atoms with Crippen LogP contribution >= 0.6 is 63.1 Å². The summed E-state index contributed by atoms with van der Waals surface area (Å²) in [5, 5.41) is 1.02. The van der Waals surface area contributed by atoms with Crippen molar-refractivity contribution >= 4 is 85.1 Å². The van der Waals surface area contributed by atoms with Crippen molar-refractivity contribution in [2.45, 2.75) is 6.61 Å². The summed E-state index contributed by atoms with van der Waals surface area (Å²) in [7, 11) is 3.09. The van der Waals surface area contributed by atoms with E-state index in [1.54, 1.807) is 37.5 Å². The number of amides is 1. The minimum Gasteiger partial charge on any atom is -0.495 e. The molecule has 0 unspecified atom stereocenters. The van der Waals surface area contributed by atoms with Crippen LogP contribution in [-0.2, 0) is 11.4 Å². The molecule has 1 aliphatic rings. The summed E-state index contributed by atoms with van der Waals surface area (Å²) in [6.07, 6.45) is 1.76. The number of halogens is 3. The van der Waals surface area contributed by atoms with Crippen LogP contribution in [0.15, 0.2) is 64.0 Å². The number of thioether (sulfide) groups is 1. The molecule has 0 radical (unpaired) electrons. The van der Waals surface area contributed by atoms with E-state index in [-0.39, 0.29) is 12.5 Å². The van der Waals surface area contributed by atoms with Gasteiger partial charge in [-0.2, -0.15) is 0 Å². The van der Waals surface area contributed by atoms with E-state index in [4.69, 9.17) is 49.6 Å². The second kappa shape index (κ2) is 11.2. The Morgan fingerprint density at radius 1 is 1.03 bits per heavy atom. The van der Waals surface area contributed by atoms with Crippen molar-refractivity contribution in [3.05, 3.63) is 85.1 Å². The number of hydrogen-bond donors (Lipinski definition) is 0. The second-order valence-corrected chi connectivity index (χ2v) is 10.6. The molecule has 1 fully saturated rings. The van der Waals surface area contributed by atoms with Gasteiger partial charge in [0, 0.05) is 10.6 Å². The minimum absolute atomic E-state index is 0.240. The molecular weight excluding hydrogens is 593 g/mol. The Hall–Kier alpha value is -2.23. The Bertz CT molecular complexity index is 1350. The SMILES string of the molecule is COc1ccc(N2C(=O)/C(=C\c3cc(Br)c(OCc4ccccc4Cl)c(OC)c3)SC2=S)cc1Cl. The van der Waals surface area contributed by atoms with E-state index in [2.05, 4.69) is 15.9 Å². The summed E-state index contributed by atoms with van der Waals surface area (Å²) >= 11 is 22.7. The smallest absolute Gasteiger partial charge is 0.270 e. The van der Waals surface area contributed by atoms with Crippen LogP contribution in [0, 0.1) is 0 Å². The van der Waals surface area contributed by atoms with Gasteiger partial charge in [-0.1, -0.05) is 65.4 Å². The molecule has 0 N–H and O–H groups in total. The van der Waals surface area contributed by atoms with Crippen molar-refractivity contribution in [1.29, 1.82) is 0 Å². The molecule has 3 aromatic carbocycles. The van der Waals surface area contributed by atoms with Gasteiger partial charge in [-0.25, -0.2) is 0 Å². The highest BCUT2D eigenvalue weighted by molar-refractivity contribution is 9.10. The zero-order valence-corrected chi connectivity index (χ0v) is 23.2. The van der Waals surface area contributed by atoms with Crippen molar-refractivity contribution < 1.29 is 19.0 Å². The molecule has 0 bridgehead atoms. The quantitative estimate of drug-likeness (QED) is 0.201. The highest BCUT2D eigenvalue weighted by Gasteiger charge is 2.33. The van der Waals surface area contributed by atoms with Gasteiger partial charge in [0.1, 0.15) is 12.4 Å². The van der Waals surface area contributed by atoms with Crippen LogP contribution in [0.1, 0.15) is 11.1 Å². The first-order chi connectivity index (χ1) is 16.8. The van der Waals surface area contributed by atoms with E-state index in [0.29, 0.717) is 46.7 Å². The lowest BCUT2D eigenvalue weighted by Crippen LogP contribution is -2.27. The number of carbonyl (C=O) groups is 1. The zero-order valence-electron chi connectivity index (χ0n) is 18.5. The molecule has 0 spiro atoms. The molecule has 5 nitrogen and oxygen atoms in total. The molecule has 3 aromatic rings. The highest BCUT2D eigenvalue weighted by Crippen LogP contribution is 2.41. The van der Waals surface area contributed by atoms with Gasteiger partial charge < -0.3 is 14.2 Å². The highest BCUT2D eigenvalue weighted by atomic mass is 79.9. The Balaban J connectivity index is 1.59. The fourth-order valence-electron chi connectivity index (χ4n) is 3.36. The number of benzene rings is 3. The number of methoxy groups -OCH3 is 2. The maximum atomic E-state index is 13.2. The predicted molar refractivity (Wildman–Crippen MR) is 150 cm³/mol. The molecule has 1 amide bonds. The van der Waals surface area contributed by atoms with Gasteiger partial charge in [0.2, 0.25) is 0 Å². The third-order valence-electron chi connectivity index (χ3n) is 5.07. The third kappa shape index (κ3) is 5.62. The van der Waals surface area contributed by atoms with E-state index < -0.39 is 0 Å². The van der Waals surface area contributed by atoms with Crippen LogP contribution in [0.2, 0.25) is 10.0 Å². The molecule has 10 heteroatoms. The van der Waals surface area contributed by atoms with Crippen LogP contribution in [0.5, 0.6) is 17.2 Å². The maximum absolute atomic E-state index is 13.2. The van der Waals surface area contributed by atoms with Crippen molar-refractivity contribution in [3.8, 4) is 17.2 Å². The lowest BCUT2D eigenvalue weighted by molar-refractivity contribution is -0.113. The van der Waals surface area contributed by atoms with Gasteiger partial charge in [0.25, 0.3) is 5.91 Å². The average Bonchev–Trinajstić information content (AvgIpc) is 3.11. The van der Waals surface area contributed by atoms with E-state index in [9.17, 15) is 4.79 Å². The minimum atomic E-state index is -0.240. The molecule has 1 saturated heterocycles. The van der Waals surface area contributed by atoms with Gasteiger partial charge in [-0.15, -0.1) is 0 Å². The van der Waals surface area contributed by atoms with Crippen LogP contribution in [0.4, 0.5) is 5.69 Å². The molecule has 0 saturated carbocycles. The lowest BCUT2D eigenvalue weighted by Gasteiger charge is -2.16.